The molecule has 4 heteroatoms. The molecular weight excluding hydrogens is 276 g/mol. The fraction of sp³-hybridized carbons (Fsp3) is 0.444. The Morgan fingerprint density at radius 2 is 1.77 bits per heavy atom. The van der Waals surface area contributed by atoms with Crippen LogP contribution in [0.1, 0.15) is 36.0 Å². The molecule has 3 rings (SSSR count). The Bertz CT molecular complexity index is 570. The molecule has 0 aliphatic carbocycles. The molecule has 116 valence electrons. The first kappa shape index (κ1) is 14.8. The van der Waals surface area contributed by atoms with E-state index in [0.717, 1.165) is 31.2 Å². The Morgan fingerprint density at radius 1 is 1.18 bits per heavy atom. The zero-order chi connectivity index (χ0) is 15.7. The van der Waals surface area contributed by atoms with E-state index in [2.05, 4.69) is 6.58 Å². The third kappa shape index (κ3) is 2.54. The predicted octanol–water partition coefficient (Wildman–Crippen LogP) is 2.47. The molecule has 0 radical (unpaired) electrons. The summed E-state index contributed by atoms with van der Waals surface area (Å²) in [6.07, 6.45) is 5.21. The monoisotopic (exact) mass is 298 g/mol. The highest BCUT2D eigenvalue weighted by atomic mass is 16.2. The molecule has 2 amide bonds. The van der Waals surface area contributed by atoms with Crippen molar-refractivity contribution in [1.29, 1.82) is 0 Å². The van der Waals surface area contributed by atoms with Crippen molar-refractivity contribution in [2.75, 3.05) is 7.05 Å². The molecule has 22 heavy (non-hydrogen) atoms. The first-order valence-electron chi connectivity index (χ1n) is 7.88. The van der Waals surface area contributed by atoms with E-state index < -0.39 is 0 Å². The summed E-state index contributed by atoms with van der Waals surface area (Å²) in [6, 6.07) is 10.1. The van der Waals surface area contributed by atoms with Gasteiger partial charge in [-0.2, -0.15) is 0 Å². The normalized spacial score (nSPS) is 26.6. The molecule has 2 aliphatic rings. The van der Waals surface area contributed by atoms with Crippen molar-refractivity contribution < 1.29 is 9.59 Å². The smallest absolute Gasteiger partial charge is 0.253 e. The zero-order valence-electron chi connectivity index (χ0n) is 12.9. The number of hydrogen-bond donors (Lipinski definition) is 0. The van der Waals surface area contributed by atoms with Crippen LogP contribution in [0.2, 0.25) is 0 Å². The molecule has 2 aliphatic heterocycles. The molecule has 0 aromatic heterocycles. The Hall–Kier alpha value is -2.10. The minimum atomic E-state index is 0.0305. The molecule has 0 spiro atoms. The van der Waals surface area contributed by atoms with Gasteiger partial charge in [-0.1, -0.05) is 24.8 Å². The number of fused-ring (bicyclic) bond motifs is 2. The highest BCUT2D eigenvalue weighted by Gasteiger charge is 2.44. The number of carbonyl (C=O) groups excluding carboxylic acids is 2. The first-order chi connectivity index (χ1) is 10.6. The van der Waals surface area contributed by atoms with Gasteiger partial charge < -0.3 is 9.80 Å². The lowest BCUT2D eigenvalue weighted by Gasteiger charge is -2.41. The highest BCUT2D eigenvalue weighted by Crippen LogP contribution is 2.37. The molecule has 2 saturated heterocycles. The summed E-state index contributed by atoms with van der Waals surface area (Å²) in [5.41, 5.74) is 0.724. The lowest BCUT2D eigenvalue weighted by Crippen LogP contribution is -2.52. The van der Waals surface area contributed by atoms with Crippen molar-refractivity contribution in [2.45, 2.75) is 43.8 Å². The van der Waals surface area contributed by atoms with Crippen LogP contribution < -0.4 is 0 Å². The second-order valence-corrected chi connectivity index (χ2v) is 6.24. The number of benzene rings is 1. The van der Waals surface area contributed by atoms with Gasteiger partial charge >= 0.3 is 0 Å². The summed E-state index contributed by atoms with van der Waals surface area (Å²) in [5, 5.41) is 0. The van der Waals surface area contributed by atoms with Crippen LogP contribution in [0.4, 0.5) is 0 Å². The average Bonchev–Trinajstić information content (AvgIpc) is 2.83. The third-order valence-corrected chi connectivity index (χ3v) is 5.03. The molecule has 0 N–H and O–H groups in total. The summed E-state index contributed by atoms with van der Waals surface area (Å²) >= 11 is 0. The second kappa shape index (κ2) is 5.95. The number of hydrogen-bond acceptors (Lipinski definition) is 2. The standard InChI is InChI=1S/C18H22N2O2/c1-3-17(21)20-14-9-10-15(20)12-16(11-14)19(2)18(22)13-7-5-4-6-8-13/h3-8,14-16H,1,9-12H2,2H3. The van der Waals surface area contributed by atoms with Gasteiger partial charge in [0.15, 0.2) is 0 Å². The lowest BCUT2D eigenvalue weighted by atomic mass is 9.95. The Kier molecular flexibility index (Phi) is 4.01. The van der Waals surface area contributed by atoms with Crippen LogP contribution in [-0.2, 0) is 4.79 Å². The molecule has 1 aromatic rings. The van der Waals surface area contributed by atoms with E-state index in [-0.39, 0.29) is 29.9 Å². The summed E-state index contributed by atoms with van der Waals surface area (Å²) < 4.78 is 0. The van der Waals surface area contributed by atoms with E-state index in [4.69, 9.17) is 0 Å². The minimum absolute atomic E-state index is 0.0305. The lowest BCUT2D eigenvalue weighted by molar-refractivity contribution is -0.131. The van der Waals surface area contributed by atoms with E-state index in [0.29, 0.717) is 0 Å². The van der Waals surface area contributed by atoms with E-state index in [9.17, 15) is 9.59 Å². The van der Waals surface area contributed by atoms with Crippen molar-refractivity contribution >= 4 is 11.8 Å². The van der Waals surface area contributed by atoms with Gasteiger partial charge in [0, 0.05) is 30.7 Å². The van der Waals surface area contributed by atoms with Gasteiger partial charge in [-0.15, -0.1) is 0 Å². The molecule has 2 unspecified atom stereocenters. The van der Waals surface area contributed by atoms with Crippen molar-refractivity contribution in [2.24, 2.45) is 0 Å². The largest absolute Gasteiger partial charge is 0.339 e. The van der Waals surface area contributed by atoms with E-state index >= 15 is 0 Å². The van der Waals surface area contributed by atoms with Crippen LogP contribution in [0.25, 0.3) is 0 Å². The van der Waals surface area contributed by atoms with Gasteiger partial charge in [0.1, 0.15) is 0 Å². The Balaban J connectivity index is 1.72. The molecule has 1 aromatic carbocycles. The number of nitrogens with zero attached hydrogens (tertiary/aromatic N) is 2. The second-order valence-electron chi connectivity index (χ2n) is 6.24. The Morgan fingerprint density at radius 3 is 2.32 bits per heavy atom. The fourth-order valence-electron chi connectivity index (χ4n) is 3.88. The van der Waals surface area contributed by atoms with Crippen LogP contribution in [-0.4, -0.2) is 46.8 Å². The maximum absolute atomic E-state index is 12.6. The van der Waals surface area contributed by atoms with Crippen LogP contribution in [0.15, 0.2) is 43.0 Å². The summed E-state index contributed by atoms with van der Waals surface area (Å²) in [7, 11) is 1.88. The van der Waals surface area contributed by atoms with E-state index in [1.54, 1.807) is 0 Å². The number of amides is 2. The zero-order valence-corrected chi connectivity index (χ0v) is 12.9. The van der Waals surface area contributed by atoms with Crippen LogP contribution in [0.3, 0.4) is 0 Å². The SMILES string of the molecule is C=CC(=O)N1C2CCC1CC(N(C)C(=O)c1ccccc1)C2. The van der Waals surface area contributed by atoms with E-state index in [1.807, 2.05) is 47.2 Å². The van der Waals surface area contributed by atoms with Gasteiger partial charge in [-0.05, 0) is 43.9 Å². The molecule has 2 bridgehead atoms. The number of rotatable bonds is 3. The maximum Gasteiger partial charge on any atom is 0.253 e. The summed E-state index contributed by atoms with van der Waals surface area (Å²) in [6.45, 7) is 3.60. The predicted molar refractivity (Wildman–Crippen MR) is 85.4 cm³/mol. The van der Waals surface area contributed by atoms with Gasteiger partial charge in [0.2, 0.25) is 5.91 Å². The average molecular weight is 298 g/mol. The minimum Gasteiger partial charge on any atom is -0.339 e. The fourth-order valence-corrected chi connectivity index (χ4v) is 3.88. The van der Waals surface area contributed by atoms with Crippen molar-refractivity contribution in [3.8, 4) is 0 Å². The maximum atomic E-state index is 12.6. The van der Waals surface area contributed by atoms with Crippen LogP contribution in [0.5, 0.6) is 0 Å². The van der Waals surface area contributed by atoms with Crippen molar-refractivity contribution in [3.05, 3.63) is 48.6 Å². The first-order valence-corrected chi connectivity index (χ1v) is 7.88. The van der Waals surface area contributed by atoms with Crippen molar-refractivity contribution in [1.82, 2.24) is 9.80 Å². The number of carbonyl (C=O) groups is 2. The Labute approximate surface area is 131 Å². The number of piperidine rings is 1. The molecule has 2 heterocycles. The summed E-state index contributed by atoms with van der Waals surface area (Å²) in [5.74, 6) is 0.0940. The highest BCUT2D eigenvalue weighted by molar-refractivity contribution is 5.94. The molecule has 0 saturated carbocycles. The van der Waals surface area contributed by atoms with Crippen molar-refractivity contribution in [3.63, 3.8) is 0 Å². The van der Waals surface area contributed by atoms with Gasteiger partial charge in [0.05, 0.1) is 0 Å². The van der Waals surface area contributed by atoms with Gasteiger partial charge in [-0.3, -0.25) is 9.59 Å². The van der Waals surface area contributed by atoms with E-state index in [1.165, 1.54) is 6.08 Å². The van der Waals surface area contributed by atoms with Gasteiger partial charge in [-0.25, -0.2) is 0 Å². The third-order valence-electron chi connectivity index (χ3n) is 5.03. The molecule has 4 nitrogen and oxygen atoms in total. The van der Waals surface area contributed by atoms with Crippen LogP contribution in [0, 0.1) is 0 Å². The molecular formula is C18H22N2O2. The van der Waals surface area contributed by atoms with Crippen LogP contribution >= 0.6 is 0 Å². The molecule has 2 fully saturated rings. The van der Waals surface area contributed by atoms with Gasteiger partial charge in [0.25, 0.3) is 5.91 Å². The quantitative estimate of drug-likeness (QED) is 0.804. The summed E-state index contributed by atoms with van der Waals surface area (Å²) in [4.78, 5) is 28.4. The molecule has 2 atom stereocenters. The topological polar surface area (TPSA) is 40.6 Å².